The Labute approximate surface area is 200 Å². The number of ether oxygens (including phenoxy) is 1. The fraction of sp³-hybridized carbons (Fsp3) is 0.423. The minimum atomic E-state index is -0.318. The van der Waals surface area contributed by atoms with Crippen LogP contribution in [0.3, 0.4) is 0 Å². The third-order valence-corrected chi connectivity index (χ3v) is 6.59. The number of methoxy groups -OCH3 is 1. The third kappa shape index (κ3) is 4.71. The van der Waals surface area contributed by atoms with Crippen LogP contribution in [0, 0.1) is 6.92 Å². The number of carbonyl (C=O) groups excluding carboxylic acids is 1. The number of esters is 1. The molecule has 0 amide bonds. The zero-order valence-corrected chi connectivity index (χ0v) is 20.4. The molecule has 2 aromatic carbocycles. The number of hydrogen-bond acceptors (Lipinski definition) is 6. The number of anilines is 2. The molecule has 0 N–H and O–H groups in total. The van der Waals surface area contributed by atoms with E-state index in [9.17, 15) is 9.59 Å². The quantitative estimate of drug-likeness (QED) is 0.518. The summed E-state index contributed by atoms with van der Waals surface area (Å²) in [5.74, 6) is 0.378. The maximum absolute atomic E-state index is 12.9. The summed E-state index contributed by atoms with van der Waals surface area (Å²) in [7, 11) is 1.39. The molecule has 1 aromatic heterocycles. The molecule has 180 valence electrons. The van der Waals surface area contributed by atoms with E-state index in [4.69, 9.17) is 4.74 Å². The van der Waals surface area contributed by atoms with Gasteiger partial charge in [0.25, 0.3) is 0 Å². The summed E-state index contributed by atoms with van der Waals surface area (Å²) in [6.07, 6.45) is 1.89. The monoisotopic (exact) mass is 463 g/mol. The van der Waals surface area contributed by atoms with Crippen LogP contribution in [0.4, 0.5) is 11.4 Å². The molecule has 0 aliphatic carbocycles. The average molecular weight is 464 g/mol. The second-order valence-corrected chi connectivity index (χ2v) is 8.75. The van der Waals surface area contributed by atoms with Crippen LogP contribution in [0.1, 0.15) is 48.9 Å². The summed E-state index contributed by atoms with van der Waals surface area (Å²) in [5.41, 5.74) is 3.56. The second kappa shape index (κ2) is 10.2. The van der Waals surface area contributed by atoms with Crippen molar-refractivity contribution < 1.29 is 9.53 Å². The molecular formula is C26H33N5O3. The van der Waals surface area contributed by atoms with Crippen LogP contribution in [-0.4, -0.2) is 53.6 Å². The van der Waals surface area contributed by atoms with Crippen LogP contribution in [0.15, 0.2) is 53.3 Å². The first-order valence-electron chi connectivity index (χ1n) is 11.9. The van der Waals surface area contributed by atoms with Gasteiger partial charge in [-0.15, -0.1) is 0 Å². The van der Waals surface area contributed by atoms with E-state index in [1.807, 2.05) is 50.2 Å². The van der Waals surface area contributed by atoms with Crippen LogP contribution >= 0.6 is 0 Å². The molecule has 8 heteroatoms. The predicted molar refractivity (Wildman–Crippen MR) is 134 cm³/mol. The zero-order valence-electron chi connectivity index (χ0n) is 20.4. The smallest absolute Gasteiger partial charge is 0.350 e. The Morgan fingerprint density at radius 3 is 2.00 bits per heavy atom. The number of benzene rings is 2. The van der Waals surface area contributed by atoms with Crippen molar-refractivity contribution >= 4 is 17.3 Å². The molecule has 1 saturated heterocycles. The van der Waals surface area contributed by atoms with E-state index in [1.54, 1.807) is 9.25 Å². The predicted octanol–water partition coefficient (Wildman–Crippen LogP) is 3.82. The van der Waals surface area contributed by atoms with Crippen molar-refractivity contribution in [1.82, 2.24) is 14.3 Å². The molecule has 0 radical (unpaired) electrons. The molecule has 2 heterocycles. The Bertz CT molecular complexity index is 1180. The van der Waals surface area contributed by atoms with Gasteiger partial charge in [0.15, 0.2) is 0 Å². The van der Waals surface area contributed by atoms with Gasteiger partial charge in [0.1, 0.15) is 5.82 Å². The number of nitrogens with zero attached hydrogens (tertiary/aromatic N) is 5. The SMILES string of the molecule is CCC(C)n1nc(C)n(-c2ccc(N3CCCN(c4ccc(C(=O)OC)cc4)CC3)cc2)c1=O. The summed E-state index contributed by atoms with van der Waals surface area (Å²) >= 11 is 0. The second-order valence-electron chi connectivity index (χ2n) is 8.75. The molecule has 0 bridgehead atoms. The van der Waals surface area contributed by atoms with Crippen molar-refractivity contribution in [1.29, 1.82) is 0 Å². The molecule has 4 rings (SSSR count). The molecule has 1 atom stereocenters. The van der Waals surface area contributed by atoms with Gasteiger partial charge in [-0.25, -0.2) is 18.8 Å². The van der Waals surface area contributed by atoms with Gasteiger partial charge in [-0.1, -0.05) is 6.92 Å². The number of aryl methyl sites for hydroxylation is 1. The van der Waals surface area contributed by atoms with Gasteiger partial charge < -0.3 is 14.5 Å². The van der Waals surface area contributed by atoms with Crippen molar-refractivity contribution in [3.63, 3.8) is 0 Å². The Balaban J connectivity index is 1.46. The van der Waals surface area contributed by atoms with Crippen molar-refractivity contribution in [2.45, 2.75) is 39.7 Å². The molecular weight excluding hydrogens is 430 g/mol. The van der Waals surface area contributed by atoms with Gasteiger partial charge in [-0.2, -0.15) is 5.10 Å². The molecule has 1 unspecified atom stereocenters. The maximum atomic E-state index is 12.9. The van der Waals surface area contributed by atoms with E-state index < -0.39 is 0 Å². The van der Waals surface area contributed by atoms with Crippen LogP contribution in [0.5, 0.6) is 0 Å². The molecule has 34 heavy (non-hydrogen) atoms. The van der Waals surface area contributed by atoms with Gasteiger partial charge in [0, 0.05) is 37.6 Å². The van der Waals surface area contributed by atoms with Gasteiger partial charge in [-0.05, 0) is 75.2 Å². The fourth-order valence-electron chi connectivity index (χ4n) is 4.41. The van der Waals surface area contributed by atoms with E-state index in [0.717, 1.165) is 56.1 Å². The van der Waals surface area contributed by atoms with E-state index in [2.05, 4.69) is 34.0 Å². The van der Waals surface area contributed by atoms with Crippen molar-refractivity contribution in [3.05, 3.63) is 70.4 Å². The fourth-order valence-corrected chi connectivity index (χ4v) is 4.41. The standard InChI is InChI=1S/C26H33N5O3/c1-5-19(2)31-26(33)30(20(3)27-31)24-13-11-23(12-14-24)29-16-6-15-28(17-18-29)22-9-7-21(8-10-22)25(32)34-4/h7-14,19H,5-6,15-18H2,1-4H3. The van der Waals surface area contributed by atoms with Gasteiger partial charge in [0.2, 0.25) is 0 Å². The molecule has 1 fully saturated rings. The normalized spacial score (nSPS) is 15.2. The number of carbonyl (C=O) groups is 1. The van der Waals surface area contributed by atoms with Crippen molar-refractivity contribution in [2.75, 3.05) is 43.1 Å². The summed E-state index contributed by atoms with van der Waals surface area (Å²) in [5, 5.41) is 4.46. The minimum Gasteiger partial charge on any atom is -0.465 e. The zero-order chi connectivity index (χ0) is 24.2. The number of hydrogen-bond donors (Lipinski definition) is 0. The van der Waals surface area contributed by atoms with E-state index in [-0.39, 0.29) is 17.7 Å². The first-order valence-corrected chi connectivity index (χ1v) is 11.9. The Hall–Kier alpha value is -3.55. The summed E-state index contributed by atoms with van der Waals surface area (Å²) < 4.78 is 8.04. The van der Waals surface area contributed by atoms with Gasteiger partial charge in [-0.3, -0.25) is 0 Å². The molecule has 0 spiro atoms. The minimum absolute atomic E-state index is 0.0726. The number of rotatable bonds is 6. The van der Waals surface area contributed by atoms with Crippen LogP contribution < -0.4 is 15.5 Å². The highest BCUT2D eigenvalue weighted by atomic mass is 16.5. The summed E-state index contributed by atoms with van der Waals surface area (Å²) in [6.45, 7) is 9.63. The largest absolute Gasteiger partial charge is 0.465 e. The highest BCUT2D eigenvalue weighted by Gasteiger charge is 2.18. The third-order valence-electron chi connectivity index (χ3n) is 6.59. The lowest BCUT2D eigenvalue weighted by Crippen LogP contribution is -2.30. The first-order chi connectivity index (χ1) is 16.4. The molecule has 3 aromatic rings. The molecule has 1 aliphatic heterocycles. The van der Waals surface area contributed by atoms with Crippen LogP contribution in [0.2, 0.25) is 0 Å². The Kier molecular flexibility index (Phi) is 7.05. The average Bonchev–Trinajstić information content (AvgIpc) is 3.03. The van der Waals surface area contributed by atoms with Crippen molar-refractivity contribution in [3.8, 4) is 5.69 Å². The molecule has 0 saturated carbocycles. The van der Waals surface area contributed by atoms with Crippen LogP contribution in [-0.2, 0) is 4.74 Å². The lowest BCUT2D eigenvalue weighted by Gasteiger charge is -2.25. The Morgan fingerprint density at radius 2 is 1.47 bits per heavy atom. The van der Waals surface area contributed by atoms with E-state index in [0.29, 0.717) is 11.4 Å². The topological polar surface area (TPSA) is 72.6 Å². The van der Waals surface area contributed by atoms with Gasteiger partial charge >= 0.3 is 11.7 Å². The molecule has 8 nitrogen and oxygen atoms in total. The van der Waals surface area contributed by atoms with E-state index in [1.165, 1.54) is 7.11 Å². The first kappa shape index (κ1) is 23.6. The highest BCUT2D eigenvalue weighted by Crippen LogP contribution is 2.22. The lowest BCUT2D eigenvalue weighted by atomic mass is 10.2. The summed E-state index contributed by atoms with van der Waals surface area (Å²) in [6, 6.07) is 15.8. The molecule has 1 aliphatic rings. The number of aromatic nitrogens is 3. The van der Waals surface area contributed by atoms with Crippen molar-refractivity contribution in [2.24, 2.45) is 0 Å². The van der Waals surface area contributed by atoms with Crippen LogP contribution in [0.25, 0.3) is 5.69 Å². The Morgan fingerprint density at radius 1 is 0.941 bits per heavy atom. The highest BCUT2D eigenvalue weighted by molar-refractivity contribution is 5.89. The summed E-state index contributed by atoms with van der Waals surface area (Å²) in [4.78, 5) is 29.3. The lowest BCUT2D eigenvalue weighted by molar-refractivity contribution is 0.0600. The maximum Gasteiger partial charge on any atom is 0.350 e. The van der Waals surface area contributed by atoms with Gasteiger partial charge in [0.05, 0.1) is 24.4 Å². The van der Waals surface area contributed by atoms with E-state index >= 15 is 0 Å².